The molecule has 2 aliphatic rings. The van der Waals surface area contributed by atoms with Gasteiger partial charge in [0.05, 0.1) is 18.2 Å². The van der Waals surface area contributed by atoms with Crippen molar-refractivity contribution in [3.8, 4) is 5.75 Å². The van der Waals surface area contributed by atoms with Crippen LogP contribution in [0.25, 0.3) is 0 Å². The molecule has 24 heavy (non-hydrogen) atoms. The van der Waals surface area contributed by atoms with E-state index < -0.39 is 11.7 Å². The molecule has 2 fully saturated rings. The van der Waals surface area contributed by atoms with Crippen LogP contribution in [0, 0.1) is 11.7 Å². The van der Waals surface area contributed by atoms with Crippen LogP contribution >= 0.6 is 0 Å². The summed E-state index contributed by atoms with van der Waals surface area (Å²) >= 11 is 0. The van der Waals surface area contributed by atoms with Crippen LogP contribution in [0.4, 0.5) is 10.1 Å². The number of hydrogen-bond donors (Lipinski definition) is 1. The Kier molecular flexibility index (Phi) is 4.99. The minimum Gasteiger partial charge on any atom is -0.489 e. The maximum Gasteiger partial charge on any atom is 0.229 e. The zero-order valence-corrected chi connectivity index (χ0v) is 13.6. The Morgan fingerprint density at radius 2 is 2.17 bits per heavy atom. The monoisotopic (exact) mass is 336 g/mol. The van der Waals surface area contributed by atoms with Gasteiger partial charge in [0.1, 0.15) is 18.2 Å². The number of halogens is 1. The van der Waals surface area contributed by atoms with Crippen molar-refractivity contribution in [2.45, 2.75) is 25.3 Å². The van der Waals surface area contributed by atoms with E-state index in [4.69, 9.17) is 9.47 Å². The summed E-state index contributed by atoms with van der Waals surface area (Å²) in [4.78, 5) is 26.2. The van der Waals surface area contributed by atoms with Gasteiger partial charge in [-0.05, 0) is 25.0 Å². The van der Waals surface area contributed by atoms with Gasteiger partial charge in [-0.25, -0.2) is 4.39 Å². The van der Waals surface area contributed by atoms with Gasteiger partial charge < -0.3 is 19.7 Å². The lowest BCUT2D eigenvalue weighted by Crippen LogP contribution is -2.30. The lowest BCUT2D eigenvalue weighted by Gasteiger charge is -2.16. The molecule has 3 rings (SSSR count). The average Bonchev–Trinajstić information content (AvgIpc) is 3.32. The van der Waals surface area contributed by atoms with Crippen LogP contribution in [0.2, 0.25) is 0 Å². The Hall–Kier alpha value is -2.15. The van der Waals surface area contributed by atoms with Crippen LogP contribution < -0.4 is 10.1 Å². The largest absolute Gasteiger partial charge is 0.489 e. The maximum absolute atomic E-state index is 13.5. The number of nitrogens with one attached hydrogen (secondary N) is 1. The average molecular weight is 336 g/mol. The molecule has 7 heteroatoms. The highest BCUT2D eigenvalue weighted by Gasteiger charge is 2.41. The first-order valence-corrected chi connectivity index (χ1v) is 8.10. The molecule has 1 aromatic rings. The van der Waals surface area contributed by atoms with Gasteiger partial charge >= 0.3 is 0 Å². The SMILES string of the molecule is COCCOc1ccc(F)cc1NC(=O)[C@H]1CC(=O)N(C2CC2)C1. The van der Waals surface area contributed by atoms with E-state index in [1.807, 2.05) is 0 Å². The maximum atomic E-state index is 13.5. The van der Waals surface area contributed by atoms with Gasteiger partial charge in [0, 0.05) is 32.2 Å². The molecule has 0 spiro atoms. The summed E-state index contributed by atoms with van der Waals surface area (Å²) < 4.78 is 23.9. The topological polar surface area (TPSA) is 67.9 Å². The second-order valence-corrected chi connectivity index (χ2v) is 6.15. The van der Waals surface area contributed by atoms with Gasteiger partial charge in [-0.2, -0.15) is 0 Å². The molecule has 0 bridgehead atoms. The predicted octanol–water partition coefficient (Wildman–Crippen LogP) is 1.80. The standard InChI is InChI=1S/C17H21FN2O4/c1-23-6-7-24-15-5-2-12(18)9-14(15)19-17(22)11-8-16(21)20(10-11)13-3-4-13/h2,5,9,11,13H,3-4,6-8,10H2,1H3,(H,19,22)/t11-/m0/s1. The van der Waals surface area contributed by atoms with Crippen LogP contribution in [0.1, 0.15) is 19.3 Å². The molecule has 1 aliphatic carbocycles. The molecule has 1 N–H and O–H groups in total. The number of amides is 2. The van der Waals surface area contributed by atoms with Crippen molar-refractivity contribution in [1.29, 1.82) is 0 Å². The second kappa shape index (κ2) is 7.17. The number of methoxy groups -OCH3 is 1. The molecule has 1 aromatic carbocycles. The van der Waals surface area contributed by atoms with E-state index >= 15 is 0 Å². The Morgan fingerprint density at radius 1 is 1.38 bits per heavy atom. The molecule has 2 amide bonds. The van der Waals surface area contributed by atoms with Crippen molar-refractivity contribution in [2.24, 2.45) is 5.92 Å². The number of carbonyl (C=O) groups excluding carboxylic acids is 2. The highest BCUT2D eigenvalue weighted by Crippen LogP contribution is 2.33. The Morgan fingerprint density at radius 3 is 2.88 bits per heavy atom. The van der Waals surface area contributed by atoms with Crippen LogP contribution in [0.15, 0.2) is 18.2 Å². The first-order chi connectivity index (χ1) is 11.6. The molecule has 1 heterocycles. The van der Waals surface area contributed by atoms with E-state index in [2.05, 4.69) is 5.32 Å². The fourth-order valence-corrected chi connectivity index (χ4v) is 2.84. The summed E-state index contributed by atoms with van der Waals surface area (Å²) in [7, 11) is 1.55. The molecular weight excluding hydrogens is 315 g/mol. The molecule has 0 radical (unpaired) electrons. The fourth-order valence-electron chi connectivity index (χ4n) is 2.84. The minimum atomic E-state index is -0.466. The first-order valence-electron chi connectivity index (χ1n) is 8.10. The van der Waals surface area contributed by atoms with E-state index in [1.165, 1.54) is 18.2 Å². The van der Waals surface area contributed by atoms with Gasteiger partial charge in [-0.1, -0.05) is 0 Å². The molecule has 0 aromatic heterocycles. The summed E-state index contributed by atoms with van der Waals surface area (Å²) in [6.45, 7) is 1.12. The summed E-state index contributed by atoms with van der Waals surface area (Å²) in [5, 5.41) is 2.70. The summed E-state index contributed by atoms with van der Waals surface area (Å²) in [5.74, 6) is -0.757. The number of likely N-dealkylation sites (tertiary alicyclic amines) is 1. The van der Waals surface area contributed by atoms with Crippen molar-refractivity contribution in [3.63, 3.8) is 0 Å². The Labute approximate surface area is 139 Å². The summed E-state index contributed by atoms with van der Waals surface area (Å²) in [6, 6.07) is 4.26. The molecule has 6 nitrogen and oxygen atoms in total. The quantitative estimate of drug-likeness (QED) is 0.771. The van der Waals surface area contributed by atoms with Crippen LogP contribution in [0.3, 0.4) is 0 Å². The smallest absolute Gasteiger partial charge is 0.229 e. The van der Waals surface area contributed by atoms with E-state index in [1.54, 1.807) is 12.0 Å². The van der Waals surface area contributed by atoms with Crippen molar-refractivity contribution in [1.82, 2.24) is 4.90 Å². The molecule has 130 valence electrons. The Balaban J connectivity index is 1.65. The molecule has 1 saturated carbocycles. The predicted molar refractivity (Wildman–Crippen MR) is 85.2 cm³/mol. The Bertz CT molecular complexity index is 633. The normalized spacial score (nSPS) is 20.3. The third kappa shape index (κ3) is 3.84. The number of nitrogens with zero attached hydrogens (tertiary/aromatic N) is 1. The van der Waals surface area contributed by atoms with Gasteiger partial charge in [0.25, 0.3) is 0 Å². The van der Waals surface area contributed by atoms with Crippen LogP contribution in [0.5, 0.6) is 5.75 Å². The number of rotatable bonds is 7. The van der Waals surface area contributed by atoms with Gasteiger partial charge in [0.2, 0.25) is 11.8 Å². The molecule has 1 atom stereocenters. The van der Waals surface area contributed by atoms with E-state index in [9.17, 15) is 14.0 Å². The molecule has 1 saturated heterocycles. The fraction of sp³-hybridized carbons (Fsp3) is 0.529. The third-order valence-electron chi connectivity index (χ3n) is 4.26. The van der Waals surface area contributed by atoms with Crippen molar-refractivity contribution in [2.75, 3.05) is 32.2 Å². The van der Waals surface area contributed by atoms with Gasteiger partial charge in [-0.15, -0.1) is 0 Å². The van der Waals surface area contributed by atoms with E-state index in [-0.39, 0.29) is 23.9 Å². The van der Waals surface area contributed by atoms with Crippen molar-refractivity contribution >= 4 is 17.5 Å². The van der Waals surface area contributed by atoms with Crippen molar-refractivity contribution < 1.29 is 23.5 Å². The van der Waals surface area contributed by atoms with E-state index in [0.717, 1.165) is 12.8 Å². The highest BCUT2D eigenvalue weighted by atomic mass is 19.1. The summed E-state index contributed by atoms with van der Waals surface area (Å²) in [5.41, 5.74) is 0.272. The number of hydrogen-bond acceptors (Lipinski definition) is 4. The first kappa shape index (κ1) is 16.7. The van der Waals surface area contributed by atoms with Crippen molar-refractivity contribution in [3.05, 3.63) is 24.0 Å². The highest BCUT2D eigenvalue weighted by molar-refractivity contribution is 5.98. The molecule has 1 aliphatic heterocycles. The minimum absolute atomic E-state index is 0.0217. The number of anilines is 1. The molecule has 0 unspecified atom stereocenters. The van der Waals surface area contributed by atoms with E-state index in [0.29, 0.717) is 31.5 Å². The number of ether oxygens (including phenoxy) is 2. The van der Waals surface area contributed by atoms with Crippen LogP contribution in [-0.2, 0) is 14.3 Å². The van der Waals surface area contributed by atoms with Crippen LogP contribution in [-0.4, -0.2) is 49.6 Å². The lowest BCUT2D eigenvalue weighted by atomic mass is 10.1. The second-order valence-electron chi connectivity index (χ2n) is 6.15. The zero-order chi connectivity index (χ0) is 17.1. The summed E-state index contributed by atoms with van der Waals surface area (Å²) in [6.07, 6.45) is 2.24. The molecular formula is C17H21FN2O4. The zero-order valence-electron chi connectivity index (χ0n) is 13.6. The third-order valence-corrected chi connectivity index (χ3v) is 4.26. The lowest BCUT2D eigenvalue weighted by molar-refractivity contribution is -0.128. The van der Waals surface area contributed by atoms with Gasteiger partial charge in [0.15, 0.2) is 0 Å². The van der Waals surface area contributed by atoms with Gasteiger partial charge in [-0.3, -0.25) is 9.59 Å². The number of carbonyl (C=O) groups is 2. The number of benzene rings is 1.